The molecule has 30 heavy (non-hydrogen) atoms. The van der Waals surface area contributed by atoms with Gasteiger partial charge in [-0.25, -0.2) is 0 Å². The summed E-state index contributed by atoms with van der Waals surface area (Å²) in [5, 5.41) is 0. The van der Waals surface area contributed by atoms with Crippen molar-refractivity contribution < 1.29 is 28.5 Å². The monoisotopic (exact) mass is 408 g/mol. The number of carbonyl (C=O) groups excluding carboxylic acids is 1. The van der Waals surface area contributed by atoms with Crippen molar-refractivity contribution in [3.63, 3.8) is 0 Å². The molecule has 0 unspecified atom stereocenters. The number of aryl methyl sites for hydroxylation is 1. The summed E-state index contributed by atoms with van der Waals surface area (Å²) in [6.45, 7) is 0. The maximum absolute atomic E-state index is 12.3. The molecule has 0 aliphatic carbocycles. The quantitative estimate of drug-likeness (QED) is 0.365. The highest BCUT2D eigenvalue weighted by molar-refractivity contribution is 5.72. The van der Waals surface area contributed by atoms with E-state index in [0.717, 1.165) is 11.3 Å². The molecule has 6 nitrogen and oxygen atoms in total. The van der Waals surface area contributed by atoms with Crippen molar-refractivity contribution in [2.24, 2.45) is 0 Å². The number of benzene rings is 3. The maximum Gasteiger partial charge on any atom is 0.311 e. The Morgan fingerprint density at radius 1 is 0.733 bits per heavy atom. The zero-order valence-corrected chi connectivity index (χ0v) is 17.2. The van der Waals surface area contributed by atoms with Crippen molar-refractivity contribution in [3.8, 4) is 34.5 Å². The van der Waals surface area contributed by atoms with E-state index in [1.54, 1.807) is 45.6 Å². The molecule has 0 heterocycles. The Kier molecular flexibility index (Phi) is 7.16. The highest BCUT2D eigenvalue weighted by Gasteiger charge is 2.14. The first kappa shape index (κ1) is 21.0. The third-order valence-electron chi connectivity index (χ3n) is 4.38. The lowest BCUT2D eigenvalue weighted by Gasteiger charge is -2.14. The second-order valence-corrected chi connectivity index (χ2v) is 6.39. The lowest BCUT2D eigenvalue weighted by Crippen LogP contribution is -2.09. The van der Waals surface area contributed by atoms with Crippen LogP contribution >= 0.6 is 0 Å². The molecule has 0 aromatic heterocycles. The standard InChI is InChI=1S/C24H24O6/c1-26-21-15-17(16-22(27-2)24(21)28-3)9-14-23(25)30-20-12-10-19(11-13-20)29-18-7-5-4-6-8-18/h4-8,10-13,15-16H,9,14H2,1-3H3. The van der Waals surface area contributed by atoms with Gasteiger partial charge in [0.2, 0.25) is 5.75 Å². The van der Waals surface area contributed by atoms with E-state index in [9.17, 15) is 4.79 Å². The Balaban J connectivity index is 1.57. The van der Waals surface area contributed by atoms with Gasteiger partial charge in [0.15, 0.2) is 11.5 Å². The summed E-state index contributed by atoms with van der Waals surface area (Å²) in [4.78, 5) is 12.3. The van der Waals surface area contributed by atoms with Crippen LogP contribution in [-0.4, -0.2) is 27.3 Å². The van der Waals surface area contributed by atoms with E-state index in [2.05, 4.69) is 0 Å². The SMILES string of the molecule is COc1cc(CCC(=O)Oc2ccc(Oc3ccccc3)cc2)cc(OC)c1OC. The van der Waals surface area contributed by atoms with Gasteiger partial charge in [-0.2, -0.15) is 0 Å². The number of hydrogen-bond donors (Lipinski definition) is 0. The minimum Gasteiger partial charge on any atom is -0.493 e. The van der Waals surface area contributed by atoms with E-state index in [-0.39, 0.29) is 12.4 Å². The van der Waals surface area contributed by atoms with Crippen LogP contribution in [0.25, 0.3) is 0 Å². The summed E-state index contributed by atoms with van der Waals surface area (Å²) in [7, 11) is 4.66. The number of esters is 1. The van der Waals surface area contributed by atoms with Crippen molar-refractivity contribution in [1.29, 1.82) is 0 Å². The average molecular weight is 408 g/mol. The van der Waals surface area contributed by atoms with E-state index >= 15 is 0 Å². The average Bonchev–Trinajstić information content (AvgIpc) is 2.78. The molecule has 0 radical (unpaired) electrons. The van der Waals surface area contributed by atoms with E-state index in [4.69, 9.17) is 23.7 Å². The molecular weight excluding hydrogens is 384 g/mol. The van der Waals surface area contributed by atoms with Crippen molar-refractivity contribution >= 4 is 5.97 Å². The third kappa shape index (κ3) is 5.44. The van der Waals surface area contributed by atoms with Crippen LogP contribution in [0.3, 0.4) is 0 Å². The molecule has 0 N–H and O–H groups in total. The number of methoxy groups -OCH3 is 3. The first-order valence-electron chi connectivity index (χ1n) is 9.45. The van der Waals surface area contributed by atoms with Crippen LogP contribution in [-0.2, 0) is 11.2 Å². The van der Waals surface area contributed by atoms with Crippen molar-refractivity contribution in [1.82, 2.24) is 0 Å². The van der Waals surface area contributed by atoms with E-state index in [1.165, 1.54) is 0 Å². The van der Waals surface area contributed by atoms with Gasteiger partial charge in [-0.3, -0.25) is 4.79 Å². The molecule has 0 atom stereocenters. The summed E-state index contributed by atoms with van der Waals surface area (Å²) < 4.78 is 27.1. The first-order chi connectivity index (χ1) is 14.6. The minimum absolute atomic E-state index is 0.209. The summed E-state index contributed by atoms with van der Waals surface area (Å²) in [5.41, 5.74) is 0.882. The Morgan fingerprint density at radius 2 is 1.30 bits per heavy atom. The number of carbonyl (C=O) groups is 1. The number of hydrogen-bond acceptors (Lipinski definition) is 6. The molecule has 0 saturated heterocycles. The van der Waals surface area contributed by atoms with Crippen LogP contribution in [0, 0.1) is 0 Å². The number of para-hydroxylation sites is 1. The molecule has 0 saturated carbocycles. The molecule has 6 heteroatoms. The fourth-order valence-electron chi connectivity index (χ4n) is 2.91. The van der Waals surface area contributed by atoms with Gasteiger partial charge in [0, 0.05) is 6.42 Å². The van der Waals surface area contributed by atoms with Gasteiger partial charge >= 0.3 is 5.97 Å². The fourth-order valence-corrected chi connectivity index (χ4v) is 2.91. The molecule has 0 aliphatic heterocycles. The predicted molar refractivity (Wildman–Crippen MR) is 113 cm³/mol. The van der Waals surface area contributed by atoms with E-state index in [0.29, 0.717) is 35.2 Å². The van der Waals surface area contributed by atoms with Crippen LogP contribution in [0.15, 0.2) is 66.7 Å². The molecule has 3 rings (SSSR count). The summed E-state index contributed by atoms with van der Waals surface area (Å²) in [6.07, 6.45) is 0.686. The Labute approximate surface area is 175 Å². The van der Waals surface area contributed by atoms with E-state index in [1.807, 2.05) is 42.5 Å². The van der Waals surface area contributed by atoms with Gasteiger partial charge in [-0.05, 0) is 60.5 Å². The Hall–Kier alpha value is -3.67. The summed E-state index contributed by atoms with van der Waals surface area (Å²) in [6, 6.07) is 20.0. The van der Waals surface area contributed by atoms with Crippen molar-refractivity contribution in [3.05, 3.63) is 72.3 Å². The van der Waals surface area contributed by atoms with Crippen LogP contribution in [0.1, 0.15) is 12.0 Å². The molecule has 0 aliphatic rings. The smallest absolute Gasteiger partial charge is 0.311 e. The zero-order valence-electron chi connectivity index (χ0n) is 17.2. The lowest BCUT2D eigenvalue weighted by molar-refractivity contribution is -0.134. The first-order valence-corrected chi connectivity index (χ1v) is 9.45. The molecule has 156 valence electrons. The van der Waals surface area contributed by atoms with Crippen LogP contribution in [0.5, 0.6) is 34.5 Å². The van der Waals surface area contributed by atoms with Gasteiger partial charge in [-0.15, -0.1) is 0 Å². The molecule has 0 fully saturated rings. The second kappa shape index (κ2) is 10.2. The molecule has 0 spiro atoms. The molecular formula is C24H24O6. The van der Waals surface area contributed by atoms with Crippen LogP contribution in [0.4, 0.5) is 0 Å². The van der Waals surface area contributed by atoms with Crippen molar-refractivity contribution in [2.75, 3.05) is 21.3 Å². The fraction of sp³-hybridized carbons (Fsp3) is 0.208. The third-order valence-corrected chi connectivity index (χ3v) is 4.38. The normalized spacial score (nSPS) is 10.2. The number of ether oxygens (including phenoxy) is 5. The molecule has 3 aromatic carbocycles. The summed E-state index contributed by atoms with van der Waals surface area (Å²) >= 11 is 0. The highest BCUT2D eigenvalue weighted by atomic mass is 16.5. The predicted octanol–water partition coefficient (Wildman–Crippen LogP) is 5.04. The van der Waals surface area contributed by atoms with Crippen molar-refractivity contribution in [2.45, 2.75) is 12.8 Å². The minimum atomic E-state index is -0.333. The lowest BCUT2D eigenvalue weighted by atomic mass is 10.1. The highest BCUT2D eigenvalue weighted by Crippen LogP contribution is 2.38. The Bertz CT molecular complexity index is 942. The van der Waals surface area contributed by atoms with Gasteiger partial charge in [-0.1, -0.05) is 18.2 Å². The maximum atomic E-state index is 12.3. The van der Waals surface area contributed by atoms with E-state index < -0.39 is 0 Å². The largest absolute Gasteiger partial charge is 0.493 e. The zero-order chi connectivity index (χ0) is 21.3. The van der Waals surface area contributed by atoms with Gasteiger partial charge in [0.25, 0.3) is 0 Å². The topological polar surface area (TPSA) is 63.2 Å². The van der Waals surface area contributed by atoms with Gasteiger partial charge < -0.3 is 23.7 Å². The van der Waals surface area contributed by atoms with Crippen LogP contribution in [0.2, 0.25) is 0 Å². The van der Waals surface area contributed by atoms with Gasteiger partial charge in [0.05, 0.1) is 21.3 Å². The Morgan fingerprint density at radius 3 is 1.87 bits per heavy atom. The molecule has 0 amide bonds. The second-order valence-electron chi connectivity index (χ2n) is 6.39. The summed E-state index contributed by atoms with van der Waals surface area (Å²) in [5.74, 6) is 3.16. The number of rotatable bonds is 9. The van der Waals surface area contributed by atoms with Crippen LogP contribution < -0.4 is 23.7 Å². The molecule has 0 bridgehead atoms. The molecule has 3 aromatic rings. The van der Waals surface area contributed by atoms with Gasteiger partial charge in [0.1, 0.15) is 17.2 Å².